The number of para-hydroxylation sites is 1. The lowest BCUT2D eigenvalue weighted by atomic mass is 9.82. The molecule has 3 aliphatic rings. The summed E-state index contributed by atoms with van der Waals surface area (Å²) in [6, 6.07) is 10.5. The van der Waals surface area contributed by atoms with Crippen molar-refractivity contribution >= 4 is 29.1 Å². The van der Waals surface area contributed by atoms with Crippen LogP contribution in [0.3, 0.4) is 0 Å². The molecule has 1 heterocycles. The second-order valence-corrected chi connectivity index (χ2v) is 8.53. The minimum absolute atomic E-state index is 0.0504. The Balaban J connectivity index is 1.41. The number of carbonyl (C=O) groups is 3. The maximum atomic E-state index is 13.2. The number of anilines is 2. The number of hydrogen-bond donors (Lipinski definition) is 1. The van der Waals surface area contributed by atoms with Crippen molar-refractivity contribution in [3.05, 3.63) is 71.3 Å². The summed E-state index contributed by atoms with van der Waals surface area (Å²) in [7, 11) is 0. The molecule has 0 aromatic heterocycles. The van der Waals surface area contributed by atoms with E-state index in [1.807, 2.05) is 6.92 Å². The van der Waals surface area contributed by atoms with Crippen LogP contribution < -0.4 is 10.2 Å². The van der Waals surface area contributed by atoms with Crippen LogP contribution in [0.2, 0.25) is 0 Å². The van der Waals surface area contributed by atoms with Gasteiger partial charge in [0.15, 0.2) is 0 Å². The van der Waals surface area contributed by atoms with Crippen molar-refractivity contribution in [1.82, 2.24) is 0 Å². The summed E-state index contributed by atoms with van der Waals surface area (Å²) in [5.41, 5.74) is 0.116. The number of nitrogens with one attached hydrogen (secondary N) is 1. The van der Waals surface area contributed by atoms with E-state index < -0.39 is 17.6 Å². The van der Waals surface area contributed by atoms with Gasteiger partial charge in [-0.3, -0.25) is 14.4 Å². The number of fused-ring (bicyclic) bond motifs is 5. The molecule has 2 aromatic carbocycles. The first-order valence-electron chi connectivity index (χ1n) is 10.3. The molecular weight excluding hydrogens is 421 g/mol. The number of benzene rings is 2. The number of hydrogen-bond acceptors (Lipinski definition) is 3. The quantitative estimate of drug-likeness (QED) is 0.558. The van der Waals surface area contributed by atoms with Gasteiger partial charge in [-0.05, 0) is 55.5 Å². The highest BCUT2D eigenvalue weighted by Gasteiger charge is 2.60. The summed E-state index contributed by atoms with van der Waals surface area (Å²) in [5.74, 6) is -1.97. The van der Waals surface area contributed by atoms with Crippen molar-refractivity contribution in [3.63, 3.8) is 0 Å². The van der Waals surface area contributed by atoms with Crippen molar-refractivity contribution in [2.45, 2.75) is 19.5 Å². The van der Waals surface area contributed by atoms with Crippen molar-refractivity contribution in [1.29, 1.82) is 0 Å². The number of carbonyl (C=O) groups excluding carboxylic acids is 3. The summed E-state index contributed by atoms with van der Waals surface area (Å²) < 4.78 is 39.7. The SMILES string of the molecule is CC1=C[C@H]2C[C@H]1[C@H]1C(=O)N(c3cccc(C(=O)Nc4ccccc4C(F)(F)F)c3)C(=O)[C@H]12. The Kier molecular flexibility index (Phi) is 4.51. The van der Waals surface area contributed by atoms with Crippen LogP contribution in [-0.2, 0) is 15.8 Å². The Morgan fingerprint density at radius 1 is 1.03 bits per heavy atom. The average molecular weight is 440 g/mol. The molecule has 1 saturated carbocycles. The van der Waals surface area contributed by atoms with Gasteiger partial charge < -0.3 is 5.32 Å². The molecule has 8 heteroatoms. The van der Waals surface area contributed by atoms with Crippen LogP contribution in [0.15, 0.2) is 60.2 Å². The normalized spacial score (nSPS) is 26.4. The van der Waals surface area contributed by atoms with Crippen LogP contribution in [0.1, 0.15) is 29.3 Å². The number of amides is 3. The molecule has 2 aromatic rings. The van der Waals surface area contributed by atoms with Gasteiger partial charge in [0, 0.05) is 5.56 Å². The van der Waals surface area contributed by atoms with Crippen molar-refractivity contribution in [2.24, 2.45) is 23.7 Å². The minimum Gasteiger partial charge on any atom is -0.321 e. The summed E-state index contributed by atoms with van der Waals surface area (Å²) in [4.78, 5) is 40.0. The second-order valence-electron chi connectivity index (χ2n) is 8.53. The second kappa shape index (κ2) is 7.05. The van der Waals surface area contributed by atoms with E-state index in [2.05, 4.69) is 11.4 Å². The van der Waals surface area contributed by atoms with Crippen LogP contribution in [0.5, 0.6) is 0 Å². The Hall–Kier alpha value is -3.42. The van der Waals surface area contributed by atoms with E-state index in [4.69, 9.17) is 0 Å². The van der Waals surface area contributed by atoms with Gasteiger partial charge in [0.05, 0.1) is 28.8 Å². The fourth-order valence-corrected chi connectivity index (χ4v) is 5.35. The topological polar surface area (TPSA) is 66.5 Å². The lowest BCUT2D eigenvalue weighted by Gasteiger charge is -2.19. The molecule has 3 amide bonds. The number of nitrogens with zero attached hydrogens (tertiary/aromatic N) is 1. The molecule has 5 rings (SSSR count). The van der Waals surface area contributed by atoms with Crippen LogP contribution in [0, 0.1) is 23.7 Å². The number of rotatable bonds is 3. The highest BCUT2D eigenvalue weighted by Crippen LogP contribution is 2.55. The maximum Gasteiger partial charge on any atom is 0.418 e. The zero-order valence-corrected chi connectivity index (χ0v) is 17.0. The predicted octanol–water partition coefficient (Wildman–Crippen LogP) is 4.66. The third kappa shape index (κ3) is 3.04. The molecule has 1 saturated heterocycles. The number of allylic oxidation sites excluding steroid dienone is 2. The molecule has 0 radical (unpaired) electrons. The van der Waals surface area contributed by atoms with Crippen LogP contribution in [-0.4, -0.2) is 17.7 Å². The Morgan fingerprint density at radius 3 is 2.50 bits per heavy atom. The zero-order chi connectivity index (χ0) is 22.8. The largest absolute Gasteiger partial charge is 0.418 e. The van der Waals surface area contributed by atoms with Crippen LogP contribution >= 0.6 is 0 Å². The smallest absolute Gasteiger partial charge is 0.321 e. The highest BCUT2D eigenvalue weighted by atomic mass is 19.4. The molecule has 164 valence electrons. The van der Waals surface area contributed by atoms with E-state index in [1.54, 1.807) is 6.07 Å². The molecule has 2 fully saturated rings. The Labute approximate surface area is 181 Å². The van der Waals surface area contributed by atoms with Gasteiger partial charge in [0.1, 0.15) is 0 Å². The van der Waals surface area contributed by atoms with Gasteiger partial charge in [-0.25, -0.2) is 4.90 Å². The molecule has 2 aliphatic carbocycles. The summed E-state index contributed by atoms with van der Waals surface area (Å²) in [6.07, 6.45) is -1.74. The molecule has 5 nitrogen and oxygen atoms in total. The van der Waals surface area contributed by atoms with E-state index in [-0.39, 0.29) is 52.4 Å². The van der Waals surface area contributed by atoms with Crippen LogP contribution in [0.25, 0.3) is 0 Å². The van der Waals surface area contributed by atoms with Gasteiger partial charge >= 0.3 is 6.18 Å². The lowest BCUT2D eigenvalue weighted by molar-refractivity contribution is -0.137. The molecule has 1 N–H and O–H groups in total. The zero-order valence-electron chi connectivity index (χ0n) is 17.0. The monoisotopic (exact) mass is 440 g/mol. The minimum atomic E-state index is -4.62. The summed E-state index contributed by atoms with van der Waals surface area (Å²) in [6.45, 7) is 1.98. The highest BCUT2D eigenvalue weighted by molar-refractivity contribution is 6.23. The third-order valence-corrected chi connectivity index (χ3v) is 6.73. The molecule has 0 spiro atoms. The Bertz CT molecular complexity index is 1190. The van der Waals surface area contributed by atoms with Crippen LogP contribution in [0.4, 0.5) is 24.5 Å². The van der Waals surface area contributed by atoms with E-state index >= 15 is 0 Å². The van der Waals surface area contributed by atoms with Gasteiger partial charge in [0.25, 0.3) is 5.91 Å². The maximum absolute atomic E-state index is 13.2. The molecule has 2 bridgehead atoms. The fourth-order valence-electron chi connectivity index (χ4n) is 5.35. The number of imide groups is 1. The van der Waals surface area contributed by atoms with Gasteiger partial charge in [-0.15, -0.1) is 0 Å². The fraction of sp³-hybridized carbons (Fsp3) is 0.292. The van der Waals surface area contributed by atoms with E-state index in [0.29, 0.717) is 0 Å². The van der Waals surface area contributed by atoms with E-state index in [9.17, 15) is 27.6 Å². The third-order valence-electron chi connectivity index (χ3n) is 6.73. The standard InChI is InChI=1S/C24H19F3N2O3/c1-12-9-14-11-16(12)20-19(14)22(31)29(23(20)32)15-6-4-5-13(10-15)21(30)28-18-8-3-2-7-17(18)24(25,26)27/h2-10,14,16,19-20H,11H2,1H3,(H,28,30)/t14-,16+,19-,20+/m0/s1. The molecule has 32 heavy (non-hydrogen) atoms. The first kappa shape index (κ1) is 20.5. The molecule has 0 unspecified atom stereocenters. The predicted molar refractivity (Wildman–Crippen MR) is 111 cm³/mol. The summed E-state index contributed by atoms with van der Waals surface area (Å²) >= 11 is 0. The average Bonchev–Trinajstić information content (AvgIpc) is 3.38. The first-order valence-corrected chi connectivity index (χ1v) is 10.3. The number of halogens is 3. The summed E-state index contributed by atoms with van der Waals surface area (Å²) in [5, 5.41) is 2.29. The molecule has 1 aliphatic heterocycles. The van der Waals surface area contributed by atoms with E-state index in [1.165, 1.54) is 36.4 Å². The first-order chi connectivity index (χ1) is 15.2. The van der Waals surface area contributed by atoms with Gasteiger partial charge in [-0.1, -0.05) is 29.8 Å². The lowest BCUT2D eigenvalue weighted by Crippen LogP contribution is -2.33. The van der Waals surface area contributed by atoms with E-state index in [0.717, 1.165) is 23.0 Å². The van der Waals surface area contributed by atoms with Crippen molar-refractivity contribution in [3.8, 4) is 0 Å². The molecule has 4 atom stereocenters. The van der Waals surface area contributed by atoms with Gasteiger partial charge in [-0.2, -0.15) is 13.2 Å². The Morgan fingerprint density at radius 2 is 1.75 bits per heavy atom. The van der Waals surface area contributed by atoms with Gasteiger partial charge in [0.2, 0.25) is 11.8 Å². The van der Waals surface area contributed by atoms with Crippen molar-refractivity contribution < 1.29 is 27.6 Å². The van der Waals surface area contributed by atoms with Crippen molar-refractivity contribution in [2.75, 3.05) is 10.2 Å². The molecular formula is C24H19F3N2O3. The number of alkyl halides is 3.